The van der Waals surface area contributed by atoms with E-state index >= 15 is 0 Å². The molecule has 2 aromatic carbocycles. The Kier molecular flexibility index (Phi) is 5.59. The second-order valence-electron chi connectivity index (χ2n) is 6.25. The Morgan fingerprint density at radius 1 is 1.00 bits per heavy atom. The fourth-order valence-corrected chi connectivity index (χ4v) is 2.66. The summed E-state index contributed by atoms with van der Waals surface area (Å²) in [7, 11) is 0. The van der Waals surface area contributed by atoms with Crippen molar-refractivity contribution in [3.05, 3.63) is 89.1 Å². The summed E-state index contributed by atoms with van der Waals surface area (Å²) in [4.78, 5) is 12.3. The van der Waals surface area contributed by atoms with E-state index in [0.29, 0.717) is 18.1 Å². The van der Waals surface area contributed by atoms with Gasteiger partial charge in [-0.1, -0.05) is 60.2 Å². The van der Waals surface area contributed by atoms with E-state index in [4.69, 9.17) is 0 Å². The van der Waals surface area contributed by atoms with Crippen LogP contribution < -0.4 is 10.6 Å². The van der Waals surface area contributed by atoms with Crippen molar-refractivity contribution in [2.75, 3.05) is 5.32 Å². The van der Waals surface area contributed by atoms with E-state index in [2.05, 4.69) is 46.0 Å². The average molecular weight is 346 g/mol. The Bertz CT molecular complexity index is 863. The standard InChI is InChI=1S/C21H22N4O/c1-15-7-6-8-17(13-15)14-22-20-12-11-19(24-25-20)21(26)23-16(2)18-9-4-3-5-10-18/h3-13,16H,14H2,1-2H3,(H,22,25)(H,23,26). The summed E-state index contributed by atoms with van der Waals surface area (Å²) in [5.41, 5.74) is 3.74. The number of rotatable bonds is 6. The maximum absolute atomic E-state index is 12.3. The predicted molar refractivity (Wildman–Crippen MR) is 103 cm³/mol. The number of nitrogens with one attached hydrogen (secondary N) is 2. The molecule has 1 atom stereocenters. The van der Waals surface area contributed by atoms with Gasteiger partial charge in [0.05, 0.1) is 6.04 Å². The minimum absolute atomic E-state index is 0.0929. The Hall–Kier alpha value is -3.21. The van der Waals surface area contributed by atoms with Crippen LogP contribution in [-0.4, -0.2) is 16.1 Å². The number of anilines is 1. The van der Waals surface area contributed by atoms with Crippen molar-refractivity contribution in [1.29, 1.82) is 0 Å². The van der Waals surface area contributed by atoms with E-state index in [0.717, 1.165) is 5.56 Å². The molecule has 0 saturated carbocycles. The number of carbonyl (C=O) groups excluding carboxylic acids is 1. The van der Waals surface area contributed by atoms with E-state index in [1.165, 1.54) is 11.1 Å². The van der Waals surface area contributed by atoms with Gasteiger partial charge >= 0.3 is 0 Å². The summed E-state index contributed by atoms with van der Waals surface area (Å²) in [6, 6.07) is 21.4. The lowest BCUT2D eigenvalue weighted by Crippen LogP contribution is -2.27. The van der Waals surface area contributed by atoms with E-state index in [1.54, 1.807) is 12.1 Å². The lowest BCUT2D eigenvalue weighted by molar-refractivity contribution is 0.0934. The van der Waals surface area contributed by atoms with Gasteiger partial charge in [0.25, 0.3) is 5.91 Å². The van der Waals surface area contributed by atoms with Crippen LogP contribution in [0.3, 0.4) is 0 Å². The van der Waals surface area contributed by atoms with Crippen LogP contribution in [0.25, 0.3) is 0 Å². The first-order valence-electron chi connectivity index (χ1n) is 8.61. The number of nitrogens with zero attached hydrogens (tertiary/aromatic N) is 2. The van der Waals surface area contributed by atoms with Gasteiger partial charge in [-0.05, 0) is 37.1 Å². The molecule has 1 heterocycles. The van der Waals surface area contributed by atoms with Gasteiger partial charge < -0.3 is 10.6 Å². The molecule has 0 bridgehead atoms. The van der Waals surface area contributed by atoms with Crippen molar-refractivity contribution < 1.29 is 4.79 Å². The van der Waals surface area contributed by atoms with Crippen molar-refractivity contribution in [2.45, 2.75) is 26.4 Å². The maximum Gasteiger partial charge on any atom is 0.272 e. The lowest BCUT2D eigenvalue weighted by atomic mass is 10.1. The van der Waals surface area contributed by atoms with E-state index < -0.39 is 0 Å². The molecule has 0 saturated heterocycles. The molecule has 0 fully saturated rings. The zero-order valence-corrected chi connectivity index (χ0v) is 14.9. The quantitative estimate of drug-likeness (QED) is 0.711. The fraction of sp³-hybridized carbons (Fsp3) is 0.190. The summed E-state index contributed by atoms with van der Waals surface area (Å²) in [6.45, 7) is 4.67. The summed E-state index contributed by atoms with van der Waals surface area (Å²) in [6.07, 6.45) is 0. The van der Waals surface area contributed by atoms with Crippen LogP contribution in [0, 0.1) is 6.92 Å². The summed E-state index contributed by atoms with van der Waals surface area (Å²) in [5, 5.41) is 14.3. The number of amides is 1. The molecule has 0 aliphatic carbocycles. The second-order valence-corrected chi connectivity index (χ2v) is 6.25. The number of aryl methyl sites for hydroxylation is 1. The molecule has 0 radical (unpaired) electrons. The molecular weight excluding hydrogens is 324 g/mol. The number of benzene rings is 2. The number of aromatic nitrogens is 2. The van der Waals surface area contributed by atoms with Gasteiger partial charge in [0, 0.05) is 6.54 Å². The fourth-order valence-electron chi connectivity index (χ4n) is 2.66. The average Bonchev–Trinajstić information content (AvgIpc) is 2.67. The number of hydrogen-bond acceptors (Lipinski definition) is 4. The third-order valence-electron chi connectivity index (χ3n) is 4.10. The number of carbonyl (C=O) groups is 1. The summed E-state index contributed by atoms with van der Waals surface area (Å²) in [5.74, 6) is 0.401. The van der Waals surface area contributed by atoms with Gasteiger partial charge in [0.2, 0.25) is 0 Å². The monoisotopic (exact) mass is 346 g/mol. The number of hydrogen-bond donors (Lipinski definition) is 2. The molecule has 0 aliphatic rings. The van der Waals surface area contributed by atoms with Gasteiger partial charge in [-0.25, -0.2) is 0 Å². The van der Waals surface area contributed by atoms with Gasteiger partial charge in [-0.15, -0.1) is 10.2 Å². The lowest BCUT2D eigenvalue weighted by Gasteiger charge is -2.13. The molecule has 0 spiro atoms. The van der Waals surface area contributed by atoms with Crippen LogP contribution in [0.2, 0.25) is 0 Å². The molecular formula is C21H22N4O. The molecule has 2 N–H and O–H groups in total. The summed E-state index contributed by atoms with van der Waals surface area (Å²) < 4.78 is 0. The highest BCUT2D eigenvalue weighted by molar-refractivity contribution is 5.92. The highest BCUT2D eigenvalue weighted by Crippen LogP contribution is 2.12. The molecule has 132 valence electrons. The minimum atomic E-state index is -0.237. The van der Waals surface area contributed by atoms with Crippen molar-refractivity contribution in [3.8, 4) is 0 Å². The highest BCUT2D eigenvalue weighted by Gasteiger charge is 2.13. The van der Waals surface area contributed by atoms with Crippen molar-refractivity contribution in [2.24, 2.45) is 0 Å². The molecule has 1 aromatic heterocycles. The minimum Gasteiger partial charge on any atom is -0.365 e. The van der Waals surface area contributed by atoms with Gasteiger partial charge in [0.1, 0.15) is 5.82 Å². The molecule has 0 aliphatic heterocycles. The van der Waals surface area contributed by atoms with Crippen LogP contribution >= 0.6 is 0 Å². The Morgan fingerprint density at radius 3 is 2.50 bits per heavy atom. The molecule has 1 amide bonds. The van der Waals surface area contributed by atoms with Crippen LogP contribution in [0.5, 0.6) is 0 Å². The third-order valence-corrected chi connectivity index (χ3v) is 4.10. The van der Waals surface area contributed by atoms with Crippen LogP contribution in [0.1, 0.15) is 40.1 Å². The first kappa shape index (κ1) is 17.6. The van der Waals surface area contributed by atoms with E-state index in [1.807, 2.05) is 43.3 Å². The normalized spacial score (nSPS) is 11.6. The smallest absolute Gasteiger partial charge is 0.272 e. The Morgan fingerprint density at radius 2 is 1.81 bits per heavy atom. The Balaban J connectivity index is 1.57. The van der Waals surface area contributed by atoms with Crippen molar-refractivity contribution >= 4 is 11.7 Å². The molecule has 3 rings (SSSR count). The third kappa shape index (κ3) is 4.66. The first-order valence-corrected chi connectivity index (χ1v) is 8.61. The van der Waals surface area contributed by atoms with Gasteiger partial charge in [-0.2, -0.15) is 0 Å². The first-order chi connectivity index (χ1) is 12.6. The van der Waals surface area contributed by atoms with E-state index in [9.17, 15) is 4.79 Å². The Labute approximate surface area is 153 Å². The van der Waals surface area contributed by atoms with Gasteiger partial charge in [0.15, 0.2) is 5.69 Å². The highest BCUT2D eigenvalue weighted by atomic mass is 16.2. The second kappa shape index (κ2) is 8.25. The van der Waals surface area contributed by atoms with Crippen LogP contribution in [0.4, 0.5) is 5.82 Å². The molecule has 3 aromatic rings. The maximum atomic E-state index is 12.3. The van der Waals surface area contributed by atoms with Crippen LogP contribution in [0.15, 0.2) is 66.7 Å². The topological polar surface area (TPSA) is 66.9 Å². The molecule has 5 heteroatoms. The molecule has 5 nitrogen and oxygen atoms in total. The van der Waals surface area contributed by atoms with Crippen molar-refractivity contribution in [3.63, 3.8) is 0 Å². The molecule has 1 unspecified atom stereocenters. The SMILES string of the molecule is Cc1cccc(CNc2ccc(C(=O)NC(C)c3ccccc3)nn2)c1. The zero-order valence-electron chi connectivity index (χ0n) is 14.9. The summed E-state index contributed by atoms with van der Waals surface area (Å²) >= 11 is 0. The zero-order chi connectivity index (χ0) is 18.4. The van der Waals surface area contributed by atoms with E-state index in [-0.39, 0.29) is 11.9 Å². The van der Waals surface area contributed by atoms with Crippen LogP contribution in [-0.2, 0) is 6.54 Å². The van der Waals surface area contributed by atoms with Crippen molar-refractivity contribution in [1.82, 2.24) is 15.5 Å². The predicted octanol–water partition coefficient (Wildman–Crippen LogP) is 3.89. The van der Waals surface area contributed by atoms with Gasteiger partial charge in [-0.3, -0.25) is 4.79 Å². The largest absolute Gasteiger partial charge is 0.365 e. The molecule has 26 heavy (non-hydrogen) atoms.